The molecule has 0 aliphatic carbocycles. The Labute approximate surface area is 105 Å². The van der Waals surface area contributed by atoms with Gasteiger partial charge in [-0.3, -0.25) is 0 Å². The fraction of sp³-hybridized carbons (Fsp3) is 0.538. The average Bonchev–Trinajstić information content (AvgIpc) is 2.54. The predicted molar refractivity (Wildman–Crippen MR) is 63.8 cm³/mol. The molecule has 3 nitrogen and oxygen atoms in total. The van der Waals surface area contributed by atoms with Crippen LogP contribution in [-0.2, 0) is 4.74 Å². The second kappa shape index (κ2) is 6.11. The first-order valence-corrected chi connectivity index (χ1v) is 6.05. The summed E-state index contributed by atoms with van der Waals surface area (Å²) in [6.07, 6.45) is 0.943. The molecular formula is C13H17F2NO2. The minimum absolute atomic E-state index is 0.0319. The molecule has 0 bridgehead atoms. The van der Waals surface area contributed by atoms with Crippen molar-refractivity contribution in [2.45, 2.75) is 32.1 Å². The van der Waals surface area contributed by atoms with E-state index in [4.69, 9.17) is 4.74 Å². The Hall–Kier alpha value is -1.20. The molecule has 1 aromatic rings. The summed E-state index contributed by atoms with van der Waals surface area (Å²) in [5.74, 6) is 0.170. The molecule has 1 N–H and O–H groups in total. The van der Waals surface area contributed by atoms with Crippen molar-refractivity contribution in [2.75, 3.05) is 13.2 Å². The van der Waals surface area contributed by atoms with E-state index in [0.717, 1.165) is 18.5 Å². The molecule has 2 atom stereocenters. The van der Waals surface area contributed by atoms with Gasteiger partial charge in [0.05, 0.1) is 6.10 Å². The molecule has 0 radical (unpaired) electrons. The third-order valence-corrected chi connectivity index (χ3v) is 3.00. The van der Waals surface area contributed by atoms with Gasteiger partial charge in [-0.15, -0.1) is 0 Å². The molecule has 5 heteroatoms. The van der Waals surface area contributed by atoms with Crippen LogP contribution >= 0.6 is 0 Å². The molecule has 0 aromatic heterocycles. The summed E-state index contributed by atoms with van der Waals surface area (Å²) < 4.78 is 34.1. The van der Waals surface area contributed by atoms with Gasteiger partial charge in [-0.25, -0.2) is 0 Å². The Morgan fingerprint density at radius 2 is 2.06 bits per heavy atom. The highest BCUT2D eigenvalue weighted by molar-refractivity contribution is 5.29. The van der Waals surface area contributed by atoms with Gasteiger partial charge in [0.1, 0.15) is 5.75 Å². The molecule has 100 valence electrons. The number of hydrogen-bond acceptors (Lipinski definition) is 3. The smallest absolute Gasteiger partial charge is 0.387 e. The van der Waals surface area contributed by atoms with E-state index in [-0.39, 0.29) is 11.9 Å². The van der Waals surface area contributed by atoms with E-state index in [1.807, 2.05) is 0 Å². The van der Waals surface area contributed by atoms with Crippen molar-refractivity contribution in [3.05, 3.63) is 29.8 Å². The number of nitrogens with one attached hydrogen (secondary N) is 1. The molecule has 1 aromatic carbocycles. The Bertz CT molecular complexity index is 370. The highest BCUT2D eigenvalue weighted by Crippen LogP contribution is 2.23. The average molecular weight is 257 g/mol. The molecular weight excluding hydrogens is 240 g/mol. The van der Waals surface area contributed by atoms with Crippen molar-refractivity contribution in [3.8, 4) is 5.75 Å². The minimum Gasteiger partial charge on any atom is -0.435 e. The van der Waals surface area contributed by atoms with Crippen molar-refractivity contribution in [1.29, 1.82) is 0 Å². The maximum absolute atomic E-state index is 12.0. The second-order valence-electron chi connectivity index (χ2n) is 4.40. The van der Waals surface area contributed by atoms with Gasteiger partial charge in [0.15, 0.2) is 0 Å². The van der Waals surface area contributed by atoms with Crippen molar-refractivity contribution >= 4 is 0 Å². The van der Waals surface area contributed by atoms with Crippen molar-refractivity contribution in [3.63, 3.8) is 0 Å². The second-order valence-corrected chi connectivity index (χ2v) is 4.40. The van der Waals surface area contributed by atoms with Crippen LogP contribution in [0.1, 0.15) is 25.0 Å². The van der Waals surface area contributed by atoms with Crippen LogP contribution in [0.4, 0.5) is 8.78 Å². The highest BCUT2D eigenvalue weighted by atomic mass is 19.3. The van der Waals surface area contributed by atoms with E-state index in [9.17, 15) is 8.78 Å². The Morgan fingerprint density at radius 1 is 1.33 bits per heavy atom. The van der Waals surface area contributed by atoms with Gasteiger partial charge in [-0.2, -0.15) is 8.78 Å². The van der Waals surface area contributed by atoms with Crippen molar-refractivity contribution < 1.29 is 18.3 Å². The van der Waals surface area contributed by atoms with Gasteiger partial charge in [-0.05, 0) is 31.0 Å². The summed E-state index contributed by atoms with van der Waals surface area (Å²) in [7, 11) is 0. The summed E-state index contributed by atoms with van der Waals surface area (Å²) in [6.45, 7) is 0.767. The third kappa shape index (κ3) is 3.65. The zero-order valence-corrected chi connectivity index (χ0v) is 10.2. The number of alkyl halides is 2. The molecule has 0 spiro atoms. The van der Waals surface area contributed by atoms with Crippen molar-refractivity contribution in [1.82, 2.24) is 5.32 Å². The molecule has 2 unspecified atom stereocenters. The molecule has 1 fully saturated rings. The SMILES string of the molecule is CC1CCOC(c2ccc(OC(F)F)cc2)CN1. The molecule has 1 aliphatic rings. The highest BCUT2D eigenvalue weighted by Gasteiger charge is 2.17. The molecule has 1 aliphatic heterocycles. The van der Waals surface area contributed by atoms with Crippen molar-refractivity contribution in [2.24, 2.45) is 0 Å². The lowest BCUT2D eigenvalue weighted by Gasteiger charge is -2.16. The zero-order valence-electron chi connectivity index (χ0n) is 10.2. The Kier molecular flexibility index (Phi) is 4.49. The summed E-state index contributed by atoms with van der Waals surface area (Å²) in [5, 5.41) is 3.36. The fourth-order valence-corrected chi connectivity index (χ4v) is 1.93. The molecule has 1 saturated heterocycles. The van der Waals surface area contributed by atoms with Gasteiger partial charge in [-0.1, -0.05) is 12.1 Å². The summed E-state index contributed by atoms with van der Waals surface area (Å²) >= 11 is 0. The van der Waals surface area contributed by atoms with E-state index in [1.54, 1.807) is 24.3 Å². The molecule has 1 heterocycles. The molecule has 0 amide bonds. The van der Waals surface area contributed by atoms with Gasteiger partial charge < -0.3 is 14.8 Å². The molecule has 2 rings (SSSR count). The zero-order chi connectivity index (χ0) is 13.0. The van der Waals surface area contributed by atoms with Crippen LogP contribution in [0.3, 0.4) is 0 Å². The lowest BCUT2D eigenvalue weighted by atomic mass is 10.1. The fourth-order valence-electron chi connectivity index (χ4n) is 1.93. The first-order chi connectivity index (χ1) is 8.65. The van der Waals surface area contributed by atoms with Crippen LogP contribution in [0.15, 0.2) is 24.3 Å². The third-order valence-electron chi connectivity index (χ3n) is 3.00. The quantitative estimate of drug-likeness (QED) is 0.903. The van der Waals surface area contributed by atoms with Gasteiger partial charge in [0.25, 0.3) is 0 Å². The van der Waals surface area contributed by atoms with Crippen LogP contribution in [0.5, 0.6) is 5.75 Å². The topological polar surface area (TPSA) is 30.5 Å². The van der Waals surface area contributed by atoms with E-state index in [2.05, 4.69) is 17.0 Å². The predicted octanol–water partition coefficient (Wildman–Crippen LogP) is 2.73. The summed E-state index contributed by atoms with van der Waals surface area (Å²) in [4.78, 5) is 0. The summed E-state index contributed by atoms with van der Waals surface area (Å²) in [6, 6.07) is 7.05. The summed E-state index contributed by atoms with van der Waals surface area (Å²) in [5.41, 5.74) is 0.971. The first-order valence-electron chi connectivity index (χ1n) is 6.05. The minimum atomic E-state index is -2.78. The number of halogens is 2. The Morgan fingerprint density at radius 3 is 2.72 bits per heavy atom. The van der Waals surface area contributed by atoms with Crippen LogP contribution in [0.2, 0.25) is 0 Å². The molecule has 18 heavy (non-hydrogen) atoms. The standard InChI is InChI=1S/C13H17F2NO2/c1-9-6-7-17-12(8-16-9)10-2-4-11(5-3-10)18-13(14)15/h2-5,9,12-13,16H,6-8H2,1H3. The number of hydrogen-bond donors (Lipinski definition) is 1. The van der Waals surface area contributed by atoms with Gasteiger partial charge in [0.2, 0.25) is 0 Å². The van der Waals surface area contributed by atoms with Crippen LogP contribution < -0.4 is 10.1 Å². The maximum atomic E-state index is 12.0. The largest absolute Gasteiger partial charge is 0.435 e. The lowest BCUT2D eigenvalue weighted by Crippen LogP contribution is -2.27. The lowest BCUT2D eigenvalue weighted by molar-refractivity contribution is -0.0498. The van der Waals surface area contributed by atoms with Crippen LogP contribution in [-0.4, -0.2) is 25.8 Å². The Balaban J connectivity index is 2.00. The van der Waals surface area contributed by atoms with Crippen LogP contribution in [0, 0.1) is 0 Å². The van der Waals surface area contributed by atoms with Crippen LogP contribution in [0.25, 0.3) is 0 Å². The number of rotatable bonds is 3. The normalized spacial score (nSPS) is 24.9. The number of ether oxygens (including phenoxy) is 2. The van der Waals surface area contributed by atoms with Gasteiger partial charge >= 0.3 is 6.61 Å². The molecule has 0 saturated carbocycles. The van der Waals surface area contributed by atoms with E-state index in [0.29, 0.717) is 12.6 Å². The first kappa shape index (κ1) is 13.2. The van der Waals surface area contributed by atoms with Gasteiger partial charge in [0, 0.05) is 19.2 Å². The van der Waals surface area contributed by atoms with E-state index in [1.165, 1.54) is 0 Å². The monoisotopic (exact) mass is 257 g/mol. The van der Waals surface area contributed by atoms with E-state index < -0.39 is 6.61 Å². The van der Waals surface area contributed by atoms with E-state index >= 15 is 0 Å². The maximum Gasteiger partial charge on any atom is 0.387 e. The number of benzene rings is 1.